The second-order valence-electron chi connectivity index (χ2n) is 8.26. The number of benzene rings is 1. The number of hydrogen-bond acceptors (Lipinski definition) is 7. The first-order valence-electron chi connectivity index (χ1n) is 11.5. The van der Waals surface area contributed by atoms with Gasteiger partial charge in [0.05, 0.1) is 19.1 Å². The van der Waals surface area contributed by atoms with Gasteiger partial charge in [0.25, 0.3) is 0 Å². The van der Waals surface area contributed by atoms with Gasteiger partial charge < -0.3 is 25.0 Å². The number of carbonyl (C=O) groups is 4. The van der Waals surface area contributed by atoms with E-state index in [0.29, 0.717) is 26.1 Å². The predicted molar refractivity (Wildman–Crippen MR) is 130 cm³/mol. The van der Waals surface area contributed by atoms with Gasteiger partial charge in [0, 0.05) is 25.9 Å². The molecule has 186 valence electrons. The molecule has 1 atom stereocenters. The molecule has 10 heteroatoms. The van der Waals surface area contributed by atoms with E-state index in [-0.39, 0.29) is 48.3 Å². The Hall–Kier alpha value is -3.01. The molecule has 2 N–H and O–H groups in total. The van der Waals surface area contributed by atoms with Crippen LogP contribution in [0.4, 0.5) is 0 Å². The van der Waals surface area contributed by atoms with Crippen LogP contribution in [0.5, 0.6) is 0 Å². The van der Waals surface area contributed by atoms with Crippen molar-refractivity contribution in [2.24, 2.45) is 0 Å². The fraction of sp³-hybridized carbons (Fsp3) is 0.542. The molecular formula is C24H33N3O6S. The lowest BCUT2D eigenvalue weighted by atomic mass is 10.1. The number of amides is 2. The van der Waals surface area contributed by atoms with Gasteiger partial charge >= 0.3 is 11.9 Å². The van der Waals surface area contributed by atoms with E-state index in [1.165, 1.54) is 10.5 Å². The van der Waals surface area contributed by atoms with Crippen molar-refractivity contribution in [3.05, 3.63) is 35.9 Å². The summed E-state index contributed by atoms with van der Waals surface area (Å²) in [7, 11) is 0. The van der Waals surface area contributed by atoms with Gasteiger partial charge in [0.2, 0.25) is 11.8 Å². The van der Waals surface area contributed by atoms with E-state index in [4.69, 9.17) is 21.7 Å². The Kier molecular flexibility index (Phi) is 11.5. The zero-order chi connectivity index (χ0) is 24.9. The number of thiocarbonyl (C=S) groups is 1. The Morgan fingerprint density at radius 2 is 1.88 bits per heavy atom. The lowest BCUT2D eigenvalue weighted by Crippen LogP contribution is -2.60. The highest BCUT2D eigenvalue weighted by molar-refractivity contribution is 7.80. The van der Waals surface area contributed by atoms with Crippen molar-refractivity contribution >= 4 is 41.1 Å². The third-order valence-corrected chi connectivity index (χ3v) is 5.40. The smallest absolute Gasteiger partial charge is 0.308 e. The third-order valence-electron chi connectivity index (χ3n) is 5.07. The fourth-order valence-electron chi connectivity index (χ4n) is 3.46. The van der Waals surface area contributed by atoms with Crippen LogP contribution in [0.2, 0.25) is 0 Å². The summed E-state index contributed by atoms with van der Waals surface area (Å²) < 4.78 is 10.3. The van der Waals surface area contributed by atoms with Crippen LogP contribution in [-0.2, 0) is 35.1 Å². The molecule has 0 saturated carbocycles. The Morgan fingerprint density at radius 1 is 1.15 bits per heavy atom. The highest BCUT2D eigenvalue weighted by atomic mass is 32.1. The van der Waals surface area contributed by atoms with E-state index in [0.717, 1.165) is 12.8 Å². The minimum absolute atomic E-state index is 0.0747. The molecule has 0 spiro atoms. The quantitative estimate of drug-likeness (QED) is 0.274. The maximum atomic E-state index is 12.3. The molecule has 0 aromatic heterocycles. The van der Waals surface area contributed by atoms with Crippen LogP contribution in [0.3, 0.4) is 0 Å². The Morgan fingerprint density at radius 3 is 2.59 bits per heavy atom. The molecule has 1 aliphatic rings. The lowest BCUT2D eigenvalue weighted by molar-refractivity contribution is -0.150. The van der Waals surface area contributed by atoms with Crippen LogP contribution in [-0.4, -0.2) is 65.6 Å². The molecule has 1 heterocycles. The number of hydrogen-bond donors (Lipinski definition) is 2. The average molecular weight is 492 g/mol. The molecule has 0 radical (unpaired) electrons. The van der Waals surface area contributed by atoms with Gasteiger partial charge in [-0.25, -0.2) is 0 Å². The second kappa shape index (κ2) is 14.3. The molecule has 34 heavy (non-hydrogen) atoms. The number of carbonyl (C=O) groups excluding carboxylic acids is 4. The largest absolute Gasteiger partial charge is 0.466 e. The highest BCUT2D eigenvalue weighted by Crippen LogP contribution is 2.12. The number of nitrogens with zero attached hydrogens (tertiary/aromatic N) is 1. The molecule has 1 fully saturated rings. The van der Waals surface area contributed by atoms with Crippen LogP contribution in [0, 0.1) is 0 Å². The Balaban J connectivity index is 1.68. The molecule has 1 aromatic carbocycles. The van der Waals surface area contributed by atoms with Gasteiger partial charge in [-0.3, -0.25) is 19.2 Å². The summed E-state index contributed by atoms with van der Waals surface area (Å²) in [4.78, 5) is 50.0. The molecule has 1 aromatic rings. The molecule has 2 rings (SSSR count). The monoisotopic (exact) mass is 491 g/mol. The third kappa shape index (κ3) is 9.86. The number of aryl methyl sites for hydroxylation is 1. The van der Waals surface area contributed by atoms with Gasteiger partial charge in [-0.15, -0.1) is 0 Å². The van der Waals surface area contributed by atoms with Crippen LogP contribution >= 0.6 is 12.2 Å². The number of rotatable bonds is 11. The molecule has 1 saturated heterocycles. The van der Waals surface area contributed by atoms with Gasteiger partial charge in [-0.05, 0) is 50.9 Å². The van der Waals surface area contributed by atoms with Crippen molar-refractivity contribution < 1.29 is 28.7 Å². The van der Waals surface area contributed by atoms with E-state index in [1.54, 1.807) is 13.8 Å². The number of piperazine rings is 1. The van der Waals surface area contributed by atoms with E-state index >= 15 is 0 Å². The van der Waals surface area contributed by atoms with Crippen LogP contribution < -0.4 is 10.6 Å². The normalized spacial score (nSPS) is 15.4. The maximum absolute atomic E-state index is 12.3. The van der Waals surface area contributed by atoms with Crippen molar-refractivity contribution in [1.82, 2.24) is 15.5 Å². The molecule has 1 aliphatic heterocycles. The van der Waals surface area contributed by atoms with Crippen molar-refractivity contribution in [1.29, 1.82) is 0 Å². The van der Waals surface area contributed by atoms with E-state index in [1.807, 2.05) is 30.3 Å². The Bertz CT molecular complexity index is 862. The minimum Gasteiger partial charge on any atom is -0.466 e. The zero-order valence-corrected chi connectivity index (χ0v) is 20.5. The molecule has 9 nitrogen and oxygen atoms in total. The molecule has 0 aliphatic carbocycles. The molecule has 0 bridgehead atoms. The van der Waals surface area contributed by atoms with Crippen molar-refractivity contribution in [3.63, 3.8) is 0 Å². The summed E-state index contributed by atoms with van der Waals surface area (Å²) >= 11 is 5.30. The first-order valence-corrected chi connectivity index (χ1v) is 11.9. The van der Waals surface area contributed by atoms with E-state index in [2.05, 4.69) is 10.6 Å². The number of ether oxygens (including phenoxy) is 2. The van der Waals surface area contributed by atoms with Crippen molar-refractivity contribution in [2.75, 3.05) is 19.7 Å². The summed E-state index contributed by atoms with van der Waals surface area (Å²) in [5, 5.41) is 5.36. The van der Waals surface area contributed by atoms with Gasteiger partial charge in [-0.1, -0.05) is 30.3 Å². The first kappa shape index (κ1) is 27.2. The zero-order valence-electron chi connectivity index (χ0n) is 19.7. The standard InChI is InChI=1S/C24H33N3O6S/c1-17(2)33-22(30)16-19-23(31)25-13-14-27(19)24(34)26-20(28)11-6-12-21(29)32-15-7-10-18-8-4-3-5-9-18/h3-5,8-9,17,19H,6-7,10-16H2,1-2H3,(H,25,31)(H,26,28,34). The first-order chi connectivity index (χ1) is 16.3. The second-order valence-corrected chi connectivity index (χ2v) is 8.65. The van der Waals surface area contributed by atoms with Gasteiger partial charge in [-0.2, -0.15) is 0 Å². The number of esters is 2. The highest BCUT2D eigenvalue weighted by Gasteiger charge is 2.34. The maximum Gasteiger partial charge on any atom is 0.308 e. The Labute approximate surface area is 205 Å². The van der Waals surface area contributed by atoms with Crippen LogP contribution in [0.15, 0.2) is 30.3 Å². The summed E-state index contributed by atoms with van der Waals surface area (Å²) in [6, 6.07) is 9.11. The van der Waals surface area contributed by atoms with Gasteiger partial charge in [0.1, 0.15) is 6.04 Å². The summed E-state index contributed by atoms with van der Waals surface area (Å²) in [5.41, 5.74) is 1.19. The van der Waals surface area contributed by atoms with Crippen molar-refractivity contribution in [3.8, 4) is 0 Å². The summed E-state index contributed by atoms with van der Waals surface area (Å²) in [6.45, 7) is 4.49. The van der Waals surface area contributed by atoms with Crippen LogP contribution in [0.1, 0.15) is 51.5 Å². The topological polar surface area (TPSA) is 114 Å². The van der Waals surface area contributed by atoms with E-state index in [9.17, 15) is 19.2 Å². The van der Waals surface area contributed by atoms with Crippen LogP contribution in [0.25, 0.3) is 0 Å². The average Bonchev–Trinajstić information content (AvgIpc) is 2.78. The summed E-state index contributed by atoms with van der Waals surface area (Å²) in [6.07, 6.45) is 1.63. The van der Waals surface area contributed by atoms with Crippen molar-refractivity contribution in [2.45, 2.75) is 64.5 Å². The lowest BCUT2D eigenvalue weighted by Gasteiger charge is -2.36. The number of nitrogens with one attached hydrogen (secondary N) is 2. The predicted octanol–water partition coefficient (Wildman–Crippen LogP) is 1.88. The molecule has 1 unspecified atom stereocenters. The molecular weight excluding hydrogens is 458 g/mol. The van der Waals surface area contributed by atoms with Gasteiger partial charge in [0.15, 0.2) is 5.11 Å². The fourth-order valence-corrected chi connectivity index (χ4v) is 3.79. The van der Waals surface area contributed by atoms with E-state index < -0.39 is 12.0 Å². The molecule has 2 amide bonds. The minimum atomic E-state index is -0.848. The SMILES string of the molecule is CC(C)OC(=O)CC1C(=O)NCCN1C(=S)NC(=O)CCCC(=O)OCCCc1ccccc1. The summed E-state index contributed by atoms with van der Waals surface area (Å²) in [5.74, 6) is -1.58.